The fourth-order valence-electron chi connectivity index (χ4n) is 5.78. The fraction of sp³-hybridized carbons (Fsp3) is 0.429. The molecule has 1 fully saturated rings. The number of hydrogen-bond acceptors (Lipinski definition) is 8. The summed E-state index contributed by atoms with van der Waals surface area (Å²) in [7, 11) is 1.33. The number of carbonyl (C=O) groups excluding carboxylic acids is 1. The van der Waals surface area contributed by atoms with E-state index in [1.54, 1.807) is 42.2 Å². The number of fused-ring (bicyclic) bond motifs is 1. The standard InChI is InChI=1S/C28H34F2N8O2/c1-16-9-20(29)25(28(3,30)10-16)22-6-5-18-11-33-26(38(18)36-22)35-23-13-32-8-7-24(23)37-14-17(2)19(21(31)15-37)12-34-27(39)40-4/h5-11,13,17,19,21,25H,12,14-15,31H2,1-4H3,(H,33,35)(H,34,39)/t17-,19-,21+,25?,28?/m0/s1. The predicted molar refractivity (Wildman–Crippen MR) is 149 cm³/mol. The highest BCUT2D eigenvalue weighted by Crippen LogP contribution is 2.43. The molecule has 3 aromatic heterocycles. The topological polar surface area (TPSA) is 123 Å². The van der Waals surface area contributed by atoms with Crippen LogP contribution in [0.15, 0.2) is 60.3 Å². The van der Waals surface area contributed by atoms with E-state index >= 15 is 4.39 Å². The van der Waals surface area contributed by atoms with Gasteiger partial charge in [-0.2, -0.15) is 9.61 Å². The second kappa shape index (κ2) is 10.8. The zero-order chi connectivity index (χ0) is 28.6. The maximum Gasteiger partial charge on any atom is 0.406 e. The van der Waals surface area contributed by atoms with Gasteiger partial charge in [0.15, 0.2) is 0 Å². The highest BCUT2D eigenvalue weighted by molar-refractivity contribution is 5.73. The smallest absolute Gasteiger partial charge is 0.406 e. The van der Waals surface area contributed by atoms with Crippen molar-refractivity contribution in [2.75, 3.05) is 37.0 Å². The zero-order valence-corrected chi connectivity index (χ0v) is 22.9. The van der Waals surface area contributed by atoms with Crippen molar-refractivity contribution in [3.8, 4) is 0 Å². The summed E-state index contributed by atoms with van der Waals surface area (Å²) in [6.07, 6.45) is 7.32. The van der Waals surface area contributed by atoms with E-state index in [1.165, 1.54) is 26.2 Å². The van der Waals surface area contributed by atoms with Crippen molar-refractivity contribution in [1.29, 1.82) is 0 Å². The van der Waals surface area contributed by atoms with E-state index in [1.807, 2.05) is 6.07 Å². The monoisotopic (exact) mass is 552 g/mol. The average Bonchev–Trinajstić information content (AvgIpc) is 3.29. The first-order chi connectivity index (χ1) is 19.1. The van der Waals surface area contributed by atoms with Gasteiger partial charge < -0.3 is 26.0 Å². The van der Waals surface area contributed by atoms with Crippen molar-refractivity contribution in [3.63, 3.8) is 0 Å². The van der Waals surface area contributed by atoms with Crippen LogP contribution in [0, 0.1) is 11.8 Å². The molecule has 1 aliphatic heterocycles. The Kier molecular flexibility index (Phi) is 7.45. The Morgan fingerprint density at radius 3 is 2.80 bits per heavy atom. The number of carbonyl (C=O) groups is 1. The molecule has 1 aliphatic carbocycles. The van der Waals surface area contributed by atoms with Gasteiger partial charge in [-0.05, 0) is 61.6 Å². The van der Waals surface area contributed by atoms with Gasteiger partial charge in [0.05, 0.1) is 48.0 Å². The van der Waals surface area contributed by atoms with Gasteiger partial charge in [0.1, 0.15) is 11.5 Å². The Hall–Kier alpha value is -4.06. The third-order valence-corrected chi connectivity index (χ3v) is 7.69. The van der Waals surface area contributed by atoms with E-state index in [4.69, 9.17) is 5.73 Å². The Labute approximate surface area is 231 Å². The normalized spacial score (nSPS) is 26.7. The molecule has 0 saturated carbocycles. The number of halogens is 2. The second-order valence-corrected chi connectivity index (χ2v) is 10.8. The molecule has 0 bridgehead atoms. The number of ether oxygens (including phenoxy) is 1. The zero-order valence-electron chi connectivity index (χ0n) is 22.9. The number of anilines is 3. The Morgan fingerprint density at radius 1 is 1.27 bits per heavy atom. The van der Waals surface area contributed by atoms with Gasteiger partial charge >= 0.3 is 6.09 Å². The van der Waals surface area contributed by atoms with Gasteiger partial charge in [-0.25, -0.2) is 18.6 Å². The van der Waals surface area contributed by atoms with Crippen molar-refractivity contribution in [2.24, 2.45) is 17.6 Å². The maximum atomic E-state index is 15.5. The number of piperidine rings is 1. The first-order valence-corrected chi connectivity index (χ1v) is 13.2. The molecule has 4 N–H and O–H groups in total. The average molecular weight is 553 g/mol. The molecule has 5 rings (SSSR count). The summed E-state index contributed by atoms with van der Waals surface area (Å²) in [5.74, 6) is -1.08. The van der Waals surface area contributed by atoms with E-state index in [0.717, 1.165) is 5.69 Å². The van der Waals surface area contributed by atoms with Crippen LogP contribution in [0.5, 0.6) is 0 Å². The van der Waals surface area contributed by atoms with Crippen molar-refractivity contribution in [2.45, 2.75) is 38.4 Å². The third kappa shape index (κ3) is 5.35. The van der Waals surface area contributed by atoms with E-state index in [2.05, 4.69) is 42.3 Å². The van der Waals surface area contributed by atoms with Crippen LogP contribution in [0.2, 0.25) is 0 Å². The van der Waals surface area contributed by atoms with Gasteiger partial charge in [-0.1, -0.05) is 6.92 Å². The van der Waals surface area contributed by atoms with E-state index in [-0.39, 0.29) is 23.6 Å². The molecule has 0 radical (unpaired) electrons. The number of alkyl halides is 1. The molecule has 2 aliphatic rings. The molecule has 212 valence electrons. The molecule has 40 heavy (non-hydrogen) atoms. The SMILES string of the molecule is COC(=O)NC[C@@H]1[C@H](N)CN(c2ccncc2Nc2ncc3ccc(C4C(F)=CC(C)=CC4(C)F)nn23)C[C@@H]1C. The van der Waals surface area contributed by atoms with Gasteiger partial charge in [-0.3, -0.25) is 4.98 Å². The van der Waals surface area contributed by atoms with Crippen LogP contribution in [-0.4, -0.2) is 64.1 Å². The van der Waals surface area contributed by atoms with Crippen LogP contribution in [0.1, 0.15) is 32.4 Å². The molecule has 1 amide bonds. The number of nitrogens with two attached hydrogens (primary N) is 1. The quantitative estimate of drug-likeness (QED) is 0.415. The number of allylic oxidation sites excluding steroid dienone is 4. The van der Waals surface area contributed by atoms with E-state index in [0.29, 0.717) is 42.4 Å². The number of nitrogens with one attached hydrogen (secondary N) is 2. The summed E-state index contributed by atoms with van der Waals surface area (Å²) >= 11 is 0. The summed E-state index contributed by atoms with van der Waals surface area (Å²) in [5, 5.41) is 10.7. The van der Waals surface area contributed by atoms with E-state index in [9.17, 15) is 9.18 Å². The number of nitrogens with zero attached hydrogens (tertiary/aromatic N) is 5. The molecule has 12 heteroatoms. The van der Waals surface area contributed by atoms with Gasteiger partial charge in [0, 0.05) is 31.9 Å². The summed E-state index contributed by atoms with van der Waals surface area (Å²) in [4.78, 5) is 22.5. The number of alkyl carbamates (subject to hydrolysis) is 1. The van der Waals surface area contributed by atoms with Crippen LogP contribution in [0.4, 0.5) is 30.9 Å². The van der Waals surface area contributed by atoms with Crippen LogP contribution in [0.3, 0.4) is 0 Å². The number of rotatable bonds is 6. The molecule has 0 aromatic carbocycles. The van der Waals surface area contributed by atoms with Gasteiger partial charge in [0.25, 0.3) is 0 Å². The highest BCUT2D eigenvalue weighted by Gasteiger charge is 2.40. The molecule has 3 aromatic rings. The van der Waals surface area contributed by atoms with Crippen LogP contribution in [0.25, 0.3) is 5.52 Å². The largest absolute Gasteiger partial charge is 0.453 e. The van der Waals surface area contributed by atoms with Crippen LogP contribution < -0.4 is 21.3 Å². The fourth-order valence-corrected chi connectivity index (χ4v) is 5.78. The minimum atomic E-state index is -1.93. The molecule has 5 atom stereocenters. The first kappa shape index (κ1) is 27.5. The number of aromatic nitrogens is 4. The minimum absolute atomic E-state index is 0.0847. The number of methoxy groups -OCH3 is 1. The van der Waals surface area contributed by atoms with Gasteiger partial charge in [0.2, 0.25) is 5.95 Å². The Morgan fingerprint density at radius 2 is 2.08 bits per heavy atom. The van der Waals surface area contributed by atoms with E-state index < -0.39 is 23.5 Å². The van der Waals surface area contributed by atoms with Crippen LogP contribution in [-0.2, 0) is 4.74 Å². The number of imidazole rings is 1. The second-order valence-electron chi connectivity index (χ2n) is 10.8. The lowest BCUT2D eigenvalue weighted by Crippen LogP contribution is -2.55. The van der Waals surface area contributed by atoms with Crippen molar-refractivity contribution < 1.29 is 18.3 Å². The number of hydrogen-bond donors (Lipinski definition) is 3. The third-order valence-electron chi connectivity index (χ3n) is 7.69. The molecule has 2 unspecified atom stereocenters. The van der Waals surface area contributed by atoms with Crippen molar-refractivity contribution in [1.82, 2.24) is 24.9 Å². The number of pyridine rings is 1. The minimum Gasteiger partial charge on any atom is -0.453 e. The lowest BCUT2D eigenvalue weighted by atomic mass is 9.81. The lowest BCUT2D eigenvalue weighted by Gasteiger charge is -2.42. The summed E-state index contributed by atoms with van der Waals surface area (Å²) < 4.78 is 36.6. The highest BCUT2D eigenvalue weighted by atomic mass is 19.1. The predicted octanol–water partition coefficient (Wildman–Crippen LogP) is 4.25. The van der Waals surface area contributed by atoms with Crippen molar-refractivity contribution in [3.05, 3.63) is 66.0 Å². The maximum absolute atomic E-state index is 15.5. The summed E-state index contributed by atoms with van der Waals surface area (Å²) in [6, 6.07) is 5.08. The first-order valence-electron chi connectivity index (χ1n) is 13.2. The van der Waals surface area contributed by atoms with Crippen molar-refractivity contribution >= 4 is 28.9 Å². The summed E-state index contributed by atoms with van der Waals surface area (Å²) in [6.45, 7) is 6.84. The van der Waals surface area contributed by atoms with Crippen LogP contribution >= 0.6 is 0 Å². The molecule has 4 heterocycles. The lowest BCUT2D eigenvalue weighted by molar-refractivity contribution is 0.163. The summed E-state index contributed by atoms with van der Waals surface area (Å²) in [5.41, 5.74) is 7.64. The molecular formula is C28H34F2N8O2. The molecule has 10 nitrogen and oxygen atoms in total. The molecule has 0 spiro atoms. The molecule has 1 saturated heterocycles. The Bertz CT molecular complexity index is 1460. The van der Waals surface area contributed by atoms with Gasteiger partial charge in [-0.15, -0.1) is 0 Å². The molecular weight excluding hydrogens is 518 g/mol. The number of amides is 1. The Balaban J connectivity index is 1.40.